The van der Waals surface area contributed by atoms with Gasteiger partial charge in [0.1, 0.15) is 0 Å². The second-order valence-corrected chi connectivity index (χ2v) is 12.5. The molecular weight excluding hydrogens is 488 g/mol. The predicted molar refractivity (Wildman–Crippen MR) is 138 cm³/mol. The van der Waals surface area contributed by atoms with Crippen molar-refractivity contribution < 1.29 is 19.7 Å². The van der Waals surface area contributed by atoms with E-state index >= 15 is 0 Å². The van der Waals surface area contributed by atoms with E-state index in [1.807, 2.05) is 35.2 Å². The molecule has 8 rings (SSSR count). The van der Waals surface area contributed by atoms with Crippen molar-refractivity contribution in [2.75, 3.05) is 13.1 Å². The molecule has 2 N–H and O–H groups in total. The van der Waals surface area contributed by atoms with E-state index in [-0.39, 0.29) is 17.7 Å². The van der Waals surface area contributed by atoms with Gasteiger partial charge in [0, 0.05) is 36.0 Å². The Labute approximate surface area is 221 Å². The van der Waals surface area contributed by atoms with Crippen LogP contribution in [0, 0.1) is 5.92 Å². The van der Waals surface area contributed by atoms with Gasteiger partial charge in [-0.05, 0) is 79.5 Å². The summed E-state index contributed by atoms with van der Waals surface area (Å²) in [6.07, 6.45) is 5.18. The molecule has 2 aromatic carbocycles. The van der Waals surface area contributed by atoms with Crippen molar-refractivity contribution in [3.8, 4) is 11.5 Å². The monoisotopic (exact) mass is 518 g/mol. The quantitative estimate of drug-likeness (QED) is 0.631. The van der Waals surface area contributed by atoms with E-state index in [9.17, 15) is 15.0 Å². The minimum Gasteiger partial charge on any atom is -0.504 e. The van der Waals surface area contributed by atoms with Gasteiger partial charge in [-0.1, -0.05) is 29.8 Å². The van der Waals surface area contributed by atoms with Gasteiger partial charge in [-0.2, -0.15) is 0 Å². The highest BCUT2D eigenvalue weighted by Crippen LogP contribution is 2.67. The number of aliphatic hydroxyl groups is 1. The summed E-state index contributed by atoms with van der Waals surface area (Å²) in [6, 6.07) is 11.4. The van der Waals surface area contributed by atoms with Crippen molar-refractivity contribution in [1.29, 1.82) is 0 Å². The maximum Gasteiger partial charge on any atom is 0.227 e. The van der Waals surface area contributed by atoms with Crippen molar-refractivity contribution in [2.24, 2.45) is 5.92 Å². The second kappa shape index (κ2) is 7.52. The Morgan fingerprint density at radius 2 is 2.03 bits per heavy atom. The van der Waals surface area contributed by atoms with Crippen molar-refractivity contribution in [3.05, 3.63) is 69.4 Å². The molecule has 1 saturated heterocycles. The smallest absolute Gasteiger partial charge is 0.227 e. The van der Waals surface area contributed by atoms with Crippen LogP contribution in [-0.4, -0.2) is 56.8 Å². The van der Waals surface area contributed by atoms with Crippen LogP contribution in [0.5, 0.6) is 11.5 Å². The Morgan fingerprint density at radius 3 is 2.84 bits per heavy atom. The minimum absolute atomic E-state index is 0.00370. The maximum atomic E-state index is 13.4. The minimum atomic E-state index is -1.00. The number of likely N-dealkylation sites (tertiary alicyclic amines) is 1. The first-order chi connectivity index (χ1) is 17.9. The Balaban J connectivity index is 1.30. The molecule has 1 saturated carbocycles. The lowest BCUT2D eigenvalue weighted by Crippen LogP contribution is -2.76. The number of rotatable bonds is 4. The third kappa shape index (κ3) is 2.92. The predicted octanol–water partition coefficient (Wildman–Crippen LogP) is 4.30. The van der Waals surface area contributed by atoms with Gasteiger partial charge in [0.25, 0.3) is 0 Å². The van der Waals surface area contributed by atoms with Gasteiger partial charge in [0.2, 0.25) is 5.91 Å². The maximum absolute atomic E-state index is 13.4. The number of ether oxygens (including phenoxy) is 1. The third-order valence-electron chi connectivity index (χ3n) is 10.1. The van der Waals surface area contributed by atoms with Crippen LogP contribution in [0.1, 0.15) is 55.2 Å². The highest BCUT2D eigenvalue weighted by atomic mass is 35.5. The summed E-state index contributed by atoms with van der Waals surface area (Å²) in [5.41, 5.74) is 3.46. The molecule has 192 valence electrons. The number of benzene rings is 2. The molecule has 0 unspecified atom stereocenters. The SMILES string of the molecule is O=C1CCC2=C([C@@H]3Oc4c(O)ccc5c4[C@@]34CCN(CC3CC3)[C@H](C5)[C@]4(O)C2)N1Cc1cccc(Cl)c1. The molecule has 3 aliphatic carbocycles. The summed E-state index contributed by atoms with van der Waals surface area (Å²) in [5.74, 6) is 1.44. The number of amides is 1. The van der Waals surface area contributed by atoms with Crippen LogP contribution < -0.4 is 4.74 Å². The molecule has 1 spiro atoms. The van der Waals surface area contributed by atoms with E-state index in [1.54, 1.807) is 6.07 Å². The van der Waals surface area contributed by atoms with E-state index in [0.29, 0.717) is 36.6 Å². The highest BCUT2D eigenvalue weighted by Gasteiger charge is 2.73. The van der Waals surface area contributed by atoms with Gasteiger partial charge in [-0.3, -0.25) is 9.69 Å². The lowest BCUT2D eigenvalue weighted by Gasteiger charge is -2.64. The number of aromatic hydroxyl groups is 1. The van der Waals surface area contributed by atoms with Crippen molar-refractivity contribution >= 4 is 17.5 Å². The number of fused-ring (bicyclic) bond motifs is 1. The topological polar surface area (TPSA) is 73.2 Å². The van der Waals surface area contributed by atoms with Gasteiger partial charge in [0.05, 0.1) is 23.3 Å². The number of phenolic OH excluding ortho intramolecular Hbond substituents is 1. The average Bonchev–Trinajstić information content (AvgIpc) is 3.61. The number of carbonyl (C=O) groups is 1. The van der Waals surface area contributed by atoms with E-state index in [4.69, 9.17) is 16.3 Å². The van der Waals surface area contributed by atoms with Gasteiger partial charge in [0.15, 0.2) is 17.6 Å². The van der Waals surface area contributed by atoms with Crippen LogP contribution in [0.2, 0.25) is 5.02 Å². The van der Waals surface area contributed by atoms with Crippen LogP contribution >= 0.6 is 11.6 Å². The molecule has 1 amide bonds. The van der Waals surface area contributed by atoms with Crippen LogP contribution in [-0.2, 0) is 23.2 Å². The largest absolute Gasteiger partial charge is 0.504 e. The first-order valence-electron chi connectivity index (χ1n) is 13.6. The third-order valence-corrected chi connectivity index (χ3v) is 10.3. The number of phenols is 1. The molecule has 7 heteroatoms. The van der Waals surface area contributed by atoms with Crippen molar-refractivity contribution in [3.63, 3.8) is 0 Å². The van der Waals surface area contributed by atoms with Crippen LogP contribution in [0.4, 0.5) is 0 Å². The molecule has 0 radical (unpaired) electrons. The first kappa shape index (κ1) is 22.4. The van der Waals surface area contributed by atoms with Gasteiger partial charge in [-0.25, -0.2) is 0 Å². The molecule has 2 bridgehead atoms. The van der Waals surface area contributed by atoms with Crippen LogP contribution in [0.3, 0.4) is 0 Å². The summed E-state index contributed by atoms with van der Waals surface area (Å²) in [7, 11) is 0. The molecule has 4 atom stereocenters. The Hall–Kier alpha value is -2.54. The first-order valence-corrected chi connectivity index (χ1v) is 14.0. The molecule has 6 aliphatic rings. The normalized spacial score (nSPS) is 33.8. The Kier molecular flexibility index (Phi) is 4.56. The lowest BCUT2D eigenvalue weighted by molar-refractivity contribution is -0.172. The fourth-order valence-corrected chi connectivity index (χ4v) is 8.53. The van der Waals surface area contributed by atoms with E-state index in [1.165, 1.54) is 12.8 Å². The number of carbonyl (C=O) groups excluding carboxylic acids is 1. The number of halogens is 1. The molecule has 6 nitrogen and oxygen atoms in total. The molecule has 3 heterocycles. The van der Waals surface area contributed by atoms with Gasteiger partial charge in [-0.15, -0.1) is 0 Å². The zero-order chi connectivity index (χ0) is 25.1. The zero-order valence-electron chi connectivity index (χ0n) is 20.8. The summed E-state index contributed by atoms with van der Waals surface area (Å²) in [4.78, 5) is 17.9. The van der Waals surface area contributed by atoms with Crippen LogP contribution in [0.25, 0.3) is 0 Å². The van der Waals surface area contributed by atoms with E-state index in [0.717, 1.165) is 59.8 Å². The lowest BCUT2D eigenvalue weighted by atomic mass is 9.48. The molecule has 0 aromatic heterocycles. The van der Waals surface area contributed by atoms with Gasteiger partial charge >= 0.3 is 0 Å². The molecule has 2 fully saturated rings. The Morgan fingerprint density at radius 1 is 1.16 bits per heavy atom. The average molecular weight is 519 g/mol. The summed E-state index contributed by atoms with van der Waals surface area (Å²) < 4.78 is 6.71. The van der Waals surface area contributed by atoms with E-state index < -0.39 is 17.1 Å². The Bertz CT molecular complexity index is 1390. The van der Waals surface area contributed by atoms with Gasteiger partial charge < -0.3 is 19.8 Å². The standard InChI is InChI=1S/C30H31ClN2O4/c31-21-3-1-2-18(12-21)16-33-24(35)9-7-20-14-30(36)23-13-19-6-8-22(34)27-25(19)29(30,28(37-27)26(20)33)10-11-32(23)15-17-4-5-17/h1-3,6,8,12,17,23,28,34,36H,4-5,7,9-11,13-16H2/t23-,28+,29+,30-/m1/s1. The van der Waals surface area contributed by atoms with Crippen LogP contribution in [0.15, 0.2) is 47.7 Å². The zero-order valence-corrected chi connectivity index (χ0v) is 21.5. The molecule has 3 aliphatic heterocycles. The summed E-state index contributed by atoms with van der Waals surface area (Å²) in [6.45, 7) is 2.35. The molecule has 37 heavy (non-hydrogen) atoms. The fourth-order valence-electron chi connectivity index (χ4n) is 8.32. The second-order valence-electron chi connectivity index (χ2n) is 12.0. The van der Waals surface area contributed by atoms with E-state index in [2.05, 4.69) is 4.90 Å². The number of nitrogens with zero attached hydrogens (tertiary/aromatic N) is 2. The van der Waals surface area contributed by atoms with Crippen molar-refractivity contribution in [2.45, 2.75) is 74.7 Å². The number of hydrogen-bond donors (Lipinski definition) is 2. The number of hydrogen-bond acceptors (Lipinski definition) is 5. The molecule has 2 aromatic rings. The number of piperidine rings is 1. The van der Waals surface area contributed by atoms with Crippen molar-refractivity contribution in [1.82, 2.24) is 9.80 Å². The highest BCUT2D eigenvalue weighted by molar-refractivity contribution is 6.30. The summed E-state index contributed by atoms with van der Waals surface area (Å²) >= 11 is 6.28. The molecular formula is C30H31ClN2O4. The summed E-state index contributed by atoms with van der Waals surface area (Å²) in [5, 5.41) is 24.4. The fraction of sp³-hybridized carbons (Fsp3) is 0.500.